The van der Waals surface area contributed by atoms with Crippen LogP contribution in [0.5, 0.6) is 5.75 Å². The van der Waals surface area contributed by atoms with Crippen LogP contribution in [-0.4, -0.2) is 57.2 Å². The van der Waals surface area contributed by atoms with E-state index in [1.807, 2.05) is 6.08 Å². The minimum atomic E-state index is -0.515. The number of likely N-dealkylation sites (tertiary alicyclic amines) is 1. The molecule has 1 fully saturated rings. The molecule has 1 amide bonds. The monoisotopic (exact) mass is 485 g/mol. The van der Waals surface area contributed by atoms with Crippen molar-refractivity contribution < 1.29 is 13.9 Å². The number of ether oxygens (including phenoxy) is 1. The number of carbonyl (C=O) groups is 1. The molecule has 3 rings (SSSR count). The Hall–Kier alpha value is -3.23. The van der Waals surface area contributed by atoms with Crippen LogP contribution >= 0.6 is 11.6 Å². The molecule has 0 atom stereocenters. The topological polar surface area (TPSA) is 78.3 Å². The quantitative estimate of drug-likeness (QED) is 0.302. The fraction of sp³-hybridized carbons (Fsp3) is 0.320. The van der Waals surface area contributed by atoms with Crippen molar-refractivity contribution in [2.45, 2.75) is 19.3 Å². The van der Waals surface area contributed by atoms with Crippen LogP contribution in [0, 0.1) is 5.82 Å². The van der Waals surface area contributed by atoms with E-state index in [1.54, 1.807) is 25.2 Å². The molecule has 2 aromatic carbocycles. The predicted octanol–water partition coefficient (Wildman–Crippen LogP) is 5.29. The van der Waals surface area contributed by atoms with E-state index in [4.69, 9.17) is 16.3 Å². The van der Waals surface area contributed by atoms with E-state index >= 15 is 0 Å². The third-order valence-electron chi connectivity index (χ3n) is 5.49. The first-order chi connectivity index (χ1) is 16.4. The minimum absolute atomic E-state index is 0.0125. The summed E-state index contributed by atoms with van der Waals surface area (Å²) < 4.78 is 19.0. The second-order valence-corrected chi connectivity index (χ2v) is 8.21. The molecule has 2 N–H and O–H groups in total. The molecule has 0 saturated carbocycles. The number of anilines is 2. The predicted molar refractivity (Wildman–Crippen MR) is 138 cm³/mol. The van der Waals surface area contributed by atoms with Crippen LogP contribution in [0.15, 0.2) is 52.5 Å². The van der Waals surface area contributed by atoms with Gasteiger partial charge in [-0.2, -0.15) is 0 Å². The van der Waals surface area contributed by atoms with Gasteiger partial charge in [-0.3, -0.25) is 19.7 Å². The number of amides is 1. The summed E-state index contributed by atoms with van der Waals surface area (Å²) in [6.07, 6.45) is 7.06. The molecule has 1 saturated heterocycles. The number of carbonyl (C=O) groups excluding carboxylic acids is 1. The number of rotatable bonds is 8. The van der Waals surface area contributed by atoms with Crippen molar-refractivity contribution in [3.63, 3.8) is 0 Å². The van der Waals surface area contributed by atoms with E-state index in [2.05, 4.69) is 32.2 Å². The highest BCUT2D eigenvalue weighted by molar-refractivity contribution is 6.31. The van der Waals surface area contributed by atoms with Crippen LogP contribution < -0.4 is 15.4 Å². The fourth-order valence-electron chi connectivity index (χ4n) is 3.74. The van der Waals surface area contributed by atoms with Crippen molar-refractivity contribution >= 4 is 47.1 Å². The van der Waals surface area contributed by atoms with Crippen molar-refractivity contribution in [3.8, 4) is 5.75 Å². The lowest BCUT2D eigenvalue weighted by atomic mass is 10.1. The number of benzene rings is 2. The highest BCUT2D eigenvalue weighted by Gasteiger charge is 2.16. The molecule has 1 aliphatic heterocycles. The molecule has 1 aliphatic rings. The summed E-state index contributed by atoms with van der Waals surface area (Å²) in [5.74, 6) is 0.0837. The molecule has 0 radical (unpaired) electrons. The summed E-state index contributed by atoms with van der Waals surface area (Å²) in [5, 5.41) is 5.97. The van der Waals surface area contributed by atoms with Crippen molar-refractivity contribution in [1.82, 2.24) is 4.90 Å². The zero-order valence-corrected chi connectivity index (χ0v) is 20.2. The van der Waals surface area contributed by atoms with Gasteiger partial charge < -0.3 is 15.4 Å². The maximum Gasteiger partial charge on any atom is 0.248 e. The Morgan fingerprint density at radius 1 is 1.24 bits per heavy atom. The third kappa shape index (κ3) is 6.65. The molecule has 1 heterocycles. The summed E-state index contributed by atoms with van der Waals surface area (Å²) in [5.41, 5.74) is 2.07. The van der Waals surface area contributed by atoms with Gasteiger partial charge in [0.2, 0.25) is 5.91 Å². The molecule has 0 aliphatic carbocycles. The van der Waals surface area contributed by atoms with Crippen molar-refractivity contribution in [2.24, 2.45) is 9.98 Å². The number of aliphatic imine (C=N–C) groups is 2. The normalized spacial score (nSPS) is 14.8. The molecule has 0 spiro atoms. The van der Waals surface area contributed by atoms with E-state index < -0.39 is 5.82 Å². The van der Waals surface area contributed by atoms with Gasteiger partial charge in [-0.1, -0.05) is 24.1 Å². The smallest absolute Gasteiger partial charge is 0.248 e. The summed E-state index contributed by atoms with van der Waals surface area (Å²) in [6.45, 7) is 6.49. The van der Waals surface area contributed by atoms with Gasteiger partial charge in [-0.15, -0.1) is 0 Å². The molecule has 0 bridgehead atoms. The Balaban J connectivity index is 1.81. The molecule has 7 nitrogen and oxygen atoms in total. The lowest BCUT2D eigenvalue weighted by Gasteiger charge is -2.24. The first-order valence-electron chi connectivity index (χ1n) is 11.0. The average Bonchev–Trinajstić information content (AvgIpc) is 2.85. The third-order valence-corrected chi connectivity index (χ3v) is 5.78. The highest BCUT2D eigenvalue weighted by Crippen LogP contribution is 2.34. The van der Waals surface area contributed by atoms with Gasteiger partial charge in [0, 0.05) is 37.0 Å². The number of nitrogens with one attached hydrogen (secondary N) is 2. The Morgan fingerprint density at radius 2 is 2.00 bits per heavy atom. The molecule has 0 aromatic heterocycles. The van der Waals surface area contributed by atoms with Crippen LogP contribution in [-0.2, 0) is 4.79 Å². The minimum Gasteiger partial charge on any atom is -0.494 e. The van der Waals surface area contributed by atoms with Gasteiger partial charge in [-0.05, 0) is 56.9 Å². The Kier molecular flexibility index (Phi) is 9.18. The van der Waals surface area contributed by atoms with Crippen LogP contribution in [0.1, 0.15) is 24.8 Å². The maximum atomic E-state index is 13.5. The lowest BCUT2D eigenvalue weighted by Crippen LogP contribution is -2.29. The second kappa shape index (κ2) is 12.3. The summed E-state index contributed by atoms with van der Waals surface area (Å²) in [7, 11) is 3.11. The zero-order chi connectivity index (χ0) is 24.5. The number of amidine groups is 1. The Bertz CT molecular complexity index is 1100. The number of hydrogen-bond donors (Lipinski definition) is 2. The summed E-state index contributed by atoms with van der Waals surface area (Å²) >= 11 is 5.90. The number of piperidine rings is 1. The molecule has 0 unspecified atom stereocenters. The number of methoxy groups -OCH3 is 1. The van der Waals surface area contributed by atoms with Gasteiger partial charge in [0.15, 0.2) is 0 Å². The van der Waals surface area contributed by atoms with E-state index in [-0.39, 0.29) is 10.9 Å². The Morgan fingerprint density at radius 3 is 2.65 bits per heavy atom. The van der Waals surface area contributed by atoms with Crippen molar-refractivity contribution in [3.05, 3.63) is 58.9 Å². The van der Waals surface area contributed by atoms with Gasteiger partial charge in [0.25, 0.3) is 0 Å². The van der Waals surface area contributed by atoms with E-state index in [0.29, 0.717) is 34.2 Å². The fourth-order valence-corrected chi connectivity index (χ4v) is 3.92. The average molecular weight is 486 g/mol. The van der Waals surface area contributed by atoms with E-state index in [0.717, 1.165) is 19.6 Å². The number of hydrogen-bond acceptors (Lipinski definition) is 5. The number of halogens is 2. The number of nitrogens with zero attached hydrogens (tertiary/aromatic N) is 3. The molecule has 34 heavy (non-hydrogen) atoms. The van der Waals surface area contributed by atoms with Crippen LogP contribution in [0.4, 0.5) is 21.5 Å². The van der Waals surface area contributed by atoms with Crippen molar-refractivity contribution in [2.75, 3.05) is 44.4 Å². The lowest BCUT2D eigenvalue weighted by molar-refractivity contribution is -0.111. The molecule has 180 valence electrons. The van der Waals surface area contributed by atoms with Crippen LogP contribution in [0.2, 0.25) is 5.02 Å². The molecule has 9 heteroatoms. The summed E-state index contributed by atoms with van der Waals surface area (Å²) in [4.78, 5) is 23.3. The van der Waals surface area contributed by atoms with Crippen LogP contribution in [0.25, 0.3) is 0 Å². The first kappa shape index (κ1) is 25.4. The SMILES string of the molecule is C=Nc1cc(OC)c(NC(=O)/C=C/CN2CCCCC2)cc1/C(=N\C)Nc1ccc(F)c(Cl)c1. The van der Waals surface area contributed by atoms with Gasteiger partial charge >= 0.3 is 0 Å². The standard InChI is InChI=1S/C25H29ClFN5O2/c1-28-21-16-23(34-3)22(31-24(33)8-7-13-32-11-5-4-6-12-32)15-18(21)25(29-2)30-17-9-10-20(27)19(26)14-17/h7-10,14-16H,1,4-6,11-13H2,2-3H3,(H,29,30)(H,31,33)/b8-7+. The largest absolute Gasteiger partial charge is 0.494 e. The van der Waals surface area contributed by atoms with E-state index in [9.17, 15) is 9.18 Å². The first-order valence-corrected chi connectivity index (χ1v) is 11.4. The zero-order valence-electron chi connectivity index (χ0n) is 19.4. The molecule has 2 aromatic rings. The molecular formula is C25H29ClFN5O2. The van der Waals surface area contributed by atoms with Gasteiger partial charge in [-0.25, -0.2) is 4.39 Å². The molecular weight excluding hydrogens is 457 g/mol. The maximum absolute atomic E-state index is 13.5. The van der Waals surface area contributed by atoms with E-state index in [1.165, 1.54) is 44.6 Å². The van der Waals surface area contributed by atoms with Gasteiger partial charge in [0.05, 0.1) is 23.5 Å². The van der Waals surface area contributed by atoms with Crippen LogP contribution in [0.3, 0.4) is 0 Å². The Labute approximate surface area is 204 Å². The van der Waals surface area contributed by atoms with Crippen molar-refractivity contribution in [1.29, 1.82) is 0 Å². The highest BCUT2D eigenvalue weighted by atomic mass is 35.5. The summed E-state index contributed by atoms with van der Waals surface area (Å²) in [6, 6.07) is 7.65. The second-order valence-electron chi connectivity index (χ2n) is 7.81. The van der Waals surface area contributed by atoms with Gasteiger partial charge in [0.1, 0.15) is 17.4 Å².